The maximum absolute atomic E-state index is 12.3. The SMILES string of the molecule is O=C(O)c1ccc(CS(=O)CC(=O)c2c[nH]c3ccccc23)o1. The zero-order valence-electron chi connectivity index (χ0n) is 11.9. The standard InChI is InChI=1S/C16H13NO5S/c18-14(12-7-17-13-4-2-1-3-11(12)13)9-23(21)8-10-5-6-15(22-10)16(19)20/h1-7,17H,8-9H2,(H,19,20). The zero-order chi connectivity index (χ0) is 16.4. The van der Waals surface area contributed by atoms with E-state index < -0.39 is 16.8 Å². The Morgan fingerprint density at radius 2 is 1.96 bits per heavy atom. The molecule has 0 spiro atoms. The Balaban J connectivity index is 1.69. The molecule has 118 valence electrons. The summed E-state index contributed by atoms with van der Waals surface area (Å²) >= 11 is 0. The van der Waals surface area contributed by atoms with Crippen LogP contribution < -0.4 is 0 Å². The van der Waals surface area contributed by atoms with E-state index in [0.29, 0.717) is 5.56 Å². The Morgan fingerprint density at radius 1 is 1.17 bits per heavy atom. The molecule has 2 aromatic heterocycles. The van der Waals surface area contributed by atoms with Crippen LogP contribution in [0.25, 0.3) is 10.9 Å². The molecule has 23 heavy (non-hydrogen) atoms. The van der Waals surface area contributed by atoms with E-state index in [1.807, 2.05) is 24.3 Å². The van der Waals surface area contributed by atoms with Crippen molar-refractivity contribution >= 4 is 33.5 Å². The van der Waals surface area contributed by atoms with Crippen molar-refractivity contribution < 1.29 is 23.3 Å². The number of carboxylic acid groups (broad SMARTS) is 1. The maximum Gasteiger partial charge on any atom is 0.371 e. The summed E-state index contributed by atoms with van der Waals surface area (Å²) < 4.78 is 17.2. The molecule has 0 saturated heterocycles. The maximum atomic E-state index is 12.3. The minimum absolute atomic E-state index is 0.00136. The number of rotatable bonds is 6. The van der Waals surface area contributed by atoms with Gasteiger partial charge in [-0.05, 0) is 18.2 Å². The molecular formula is C16H13NO5S. The van der Waals surface area contributed by atoms with Gasteiger partial charge in [-0.1, -0.05) is 18.2 Å². The molecule has 0 fully saturated rings. The quantitative estimate of drug-likeness (QED) is 0.676. The number of furan rings is 1. The lowest BCUT2D eigenvalue weighted by Crippen LogP contribution is -2.11. The summed E-state index contributed by atoms with van der Waals surface area (Å²) in [4.78, 5) is 26.0. The van der Waals surface area contributed by atoms with Crippen LogP contribution in [-0.4, -0.2) is 31.8 Å². The number of fused-ring (bicyclic) bond motifs is 1. The monoisotopic (exact) mass is 331 g/mol. The van der Waals surface area contributed by atoms with E-state index in [0.717, 1.165) is 10.9 Å². The Bertz CT molecular complexity index is 908. The number of aromatic amines is 1. The number of carboxylic acids is 1. The number of aromatic nitrogens is 1. The fraction of sp³-hybridized carbons (Fsp3) is 0.125. The number of benzene rings is 1. The molecule has 3 rings (SSSR count). The summed E-state index contributed by atoms with van der Waals surface area (Å²) in [5, 5.41) is 9.57. The van der Waals surface area contributed by atoms with Crippen LogP contribution in [0, 0.1) is 0 Å². The van der Waals surface area contributed by atoms with Gasteiger partial charge in [0.25, 0.3) is 0 Å². The molecule has 1 aromatic carbocycles. The summed E-state index contributed by atoms with van der Waals surface area (Å²) in [7, 11) is -1.48. The number of H-pyrrole nitrogens is 1. The Hall–Kier alpha value is -2.67. The lowest BCUT2D eigenvalue weighted by atomic mass is 10.1. The number of hydrogen-bond donors (Lipinski definition) is 2. The van der Waals surface area contributed by atoms with Gasteiger partial charge in [-0.2, -0.15) is 0 Å². The van der Waals surface area contributed by atoms with Gasteiger partial charge in [-0.3, -0.25) is 9.00 Å². The topological polar surface area (TPSA) is 100 Å². The van der Waals surface area contributed by atoms with Crippen molar-refractivity contribution in [1.82, 2.24) is 4.98 Å². The van der Waals surface area contributed by atoms with Crippen LogP contribution in [0.4, 0.5) is 0 Å². The third-order valence-electron chi connectivity index (χ3n) is 3.36. The molecule has 2 heterocycles. The largest absolute Gasteiger partial charge is 0.475 e. The highest BCUT2D eigenvalue weighted by molar-refractivity contribution is 7.85. The number of carbonyl (C=O) groups excluding carboxylic acids is 1. The van der Waals surface area contributed by atoms with E-state index in [2.05, 4.69) is 4.98 Å². The third kappa shape index (κ3) is 3.24. The van der Waals surface area contributed by atoms with Gasteiger partial charge < -0.3 is 14.5 Å². The van der Waals surface area contributed by atoms with Crippen LogP contribution in [0.1, 0.15) is 26.7 Å². The predicted molar refractivity (Wildman–Crippen MR) is 85.0 cm³/mol. The number of Topliss-reactive ketones (excluding diaryl/α,β-unsaturated/α-hetero) is 1. The van der Waals surface area contributed by atoms with Crippen molar-refractivity contribution in [2.75, 3.05) is 5.75 Å². The minimum Gasteiger partial charge on any atom is -0.475 e. The molecule has 0 amide bonds. The lowest BCUT2D eigenvalue weighted by Gasteiger charge is -2.00. The molecule has 1 atom stereocenters. The second-order valence-corrected chi connectivity index (χ2v) is 6.43. The van der Waals surface area contributed by atoms with Gasteiger partial charge in [-0.15, -0.1) is 0 Å². The summed E-state index contributed by atoms with van der Waals surface area (Å²) in [6.45, 7) is 0. The highest BCUT2D eigenvalue weighted by Crippen LogP contribution is 2.19. The molecule has 0 bridgehead atoms. The first kappa shape index (κ1) is 15.2. The van der Waals surface area contributed by atoms with Crippen molar-refractivity contribution in [1.29, 1.82) is 0 Å². The van der Waals surface area contributed by atoms with Gasteiger partial charge in [0.1, 0.15) is 5.76 Å². The van der Waals surface area contributed by atoms with Gasteiger partial charge in [0.2, 0.25) is 5.76 Å². The zero-order valence-corrected chi connectivity index (χ0v) is 12.8. The smallest absolute Gasteiger partial charge is 0.371 e. The van der Waals surface area contributed by atoms with E-state index >= 15 is 0 Å². The fourth-order valence-corrected chi connectivity index (χ4v) is 3.33. The third-order valence-corrected chi connectivity index (χ3v) is 4.55. The average molecular weight is 331 g/mol. The van der Waals surface area contributed by atoms with E-state index in [1.165, 1.54) is 12.1 Å². The van der Waals surface area contributed by atoms with E-state index in [9.17, 15) is 13.8 Å². The highest BCUT2D eigenvalue weighted by atomic mass is 32.2. The number of aromatic carboxylic acids is 1. The summed E-state index contributed by atoms with van der Waals surface area (Å²) in [5.41, 5.74) is 1.35. The van der Waals surface area contributed by atoms with E-state index in [4.69, 9.17) is 9.52 Å². The van der Waals surface area contributed by atoms with Crippen LogP contribution in [0.15, 0.2) is 47.0 Å². The van der Waals surface area contributed by atoms with Crippen molar-refractivity contribution in [2.45, 2.75) is 5.75 Å². The van der Waals surface area contributed by atoms with Gasteiger partial charge in [0.05, 0.1) is 11.5 Å². The molecule has 7 heteroatoms. The van der Waals surface area contributed by atoms with Crippen molar-refractivity contribution in [3.8, 4) is 0 Å². The number of carbonyl (C=O) groups is 2. The number of hydrogen-bond acceptors (Lipinski definition) is 4. The highest BCUT2D eigenvalue weighted by Gasteiger charge is 2.17. The first-order valence-electron chi connectivity index (χ1n) is 6.81. The van der Waals surface area contributed by atoms with Crippen LogP contribution >= 0.6 is 0 Å². The van der Waals surface area contributed by atoms with Crippen molar-refractivity contribution in [2.24, 2.45) is 0 Å². The number of ketones is 1. The first-order chi connectivity index (χ1) is 11.0. The Kier molecular flexibility index (Phi) is 4.12. The molecule has 3 aromatic rings. The van der Waals surface area contributed by atoms with Gasteiger partial charge in [-0.25, -0.2) is 4.79 Å². The average Bonchev–Trinajstić information content (AvgIpc) is 3.13. The molecule has 0 aliphatic carbocycles. The summed E-state index contributed by atoms with van der Waals surface area (Å²) in [6.07, 6.45) is 1.61. The van der Waals surface area contributed by atoms with Crippen LogP contribution in [0.3, 0.4) is 0 Å². The molecule has 2 N–H and O–H groups in total. The van der Waals surface area contributed by atoms with Crippen LogP contribution in [0.5, 0.6) is 0 Å². The van der Waals surface area contributed by atoms with Gasteiger partial charge >= 0.3 is 5.97 Å². The Labute approximate surface area is 133 Å². The number of nitrogens with one attached hydrogen (secondary N) is 1. The molecule has 6 nitrogen and oxygen atoms in total. The minimum atomic E-state index is -1.48. The van der Waals surface area contributed by atoms with Crippen LogP contribution in [-0.2, 0) is 16.6 Å². The first-order valence-corrected chi connectivity index (χ1v) is 8.29. The van der Waals surface area contributed by atoms with E-state index in [-0.39, 0.29) is 28.8 Å². The molecular weight excluding hydrogens is 318 g/mol. The predicted octanol–water partition coefficient (Wildman–Crippen LogP) is 2.59. The summed E-state index contributed by atoms with van der Waals surface area (Å²) in [6, 6.07) is 10.1. The normalized spacial score (nSPS) is 12.3. The Morgan fingerprint density at radius 3 is 2.70 bits per heavy atom. The number of para-hydroxylation sites is 1. The van der Waals surface area contributed by atoms with Gasteiger partial charge in [0, 0.05) is 33.5 Å². The van der Waals surface area contributed by atoms with Crippen molar-refractivity contribution in [3.05, 3.63) is 59.7 Å². The second-order valence-electron chi connectivity index (χ2n) is 4.97. The lowest BCUT2D eigenvalue weighted by molar-refractivity contribution is 0.0660. The second kappa shape index (κ2) is 6.21. The fourth-order valence-electron chi connectivity index (χ4n) is 2.31. The van der Waals surface area contributed by atoms with Gasteiger partial charge in [0.15, 0.2) is 5.78 Å². The summed E-state index contributed by atoms with van der Waals surface area (Å²) in [5.74, 6) is -1.48. The van der Waals surface area contributed by atoms with Crippen LogP contribution in [0.2, 0.25) is 0 Å². The molecule has 0 radical (unpaired) electrons. The van der Waals surface area contributed by atoms with E-state index in [1.54, 1.807) is 6.20 Å². The molecule has 0 aliphatic heterocycles. The molecule has 1 unspecified atom stereocenters. The van der Waals surface area contributed by atoms with Crippen molar-refractivity contribution in [3.63, 3.8) is 0 Å². The molecule has 0 saturated carbocycles. The molecule has 0 aliphatic rings.